The van der Waals surface area contributed by atoms with Crippen molar-refractivity contribution >= 4 is 0 Å². The summed E-state index contributed by atoms with van der Waals surface area (Å²) in [5.74, 6) is 3.94. The molecule has 0 aromatic rings. The van der Waals surface area contributed by atoms with Crippen LogP contribution in [0.4, 0.5) is 0 Å². The number of hydrogen-bond acceptors (Lipinski definition) is 1. The molecule has 3 aliphatic rings. The quantitative estimate of drug-likeness (QED) is 0.484. The van der Waals surface area contributed by atoms with Crippen molar-refractivity contribution in [1.29, 1.82) is 0 Å². The van der Waals surface area contributed by atoms with Crippen molar-refractivity contribution in [3.8, 4) is 0 Å². The fraction of sp³-hybridized carbons (Fsp3) is 1.00. The molecule has 0 aromatic carbocycles. The molecule has 0 bridgehead atoms. The van der Waals surface area contributed by atoms with E-state index in [1.54, 1.807) is 0 Å². The summed E-state index contributed by atoms with van der Waals surface area (Å²) in [4.78, 5) is 2.79. The number of hydrogen-bond donors (Lipinski definition) is 0. The van der Waals surface area contributed by atoms with Crippen molar-refractivity contribution in [1.82, 2.24) is 4.90 Å². The summed E-state index contributed by atoms with van der Waals surface area (Å²) in [6, 6.07) is 0.948. The van der Waals surface area contributed by atoms with Gasteiger partial charge in [0, 0.05) is 6.04 Å². The second-order valence-electron chi connectivity index (χ2n) is 10.5. The summed E-state index contributed by atoms with van der Waals surface area (Å²) >= 11 is 0. The summed E-state index contributed by atoms with van der Waals surface area (Å²) in [5.41, 5.74) is 0. The van der Waals surface area contributed by atoms with E-state index in [9.17, 15) is 0 Å². The van der Waals surface area contributed by atoms with Crippen molar-refractivity contribution in [2.24, 2.45) is 23.7 Å². The maximum absolute atomic E-state index is 2.79. The van der Waals surface area contributed by atoms with Crippen molar-refractivity contribution in [3.05, 3.63) is 0 Å². The van der Waals surface area contributed by atoms with Gasteiger partial charge in [0.2, 0.25) is 0 Å². The lowest BCUT2D eigenvalue weighted by molar-refractivity contribution is 0.110. The van der Waals surface area contributed by atoms with Gasteiger partial charge in [-0.1, -0.05) is 66.2 Å². The van der Waals surface area contributed by atoms with E-state index < -0.39 is 0 Å². The van der Waals surface area contributed by atoms with Crippen LogP contribution in [0.5, 0.6) is 0 Å². The van der Waals surface area contributed by atoms with E-state index in [-0.39, 0.29) is 0 Å². The molecular weight excluding hydrogens is 314 g/mol. The first kappa shape index (κ1) is 22.3. The Balaban J connectivity index is 0.000000209. The van der Waals surface area contributed by atoms with Crippen LogP contribution < -0.4 is 0 Å². The van der Waals surface area contributed by atoms with Crippen LogP contribution in [0.25, 0.3) is 0 Å². The van der Waals surface area contributed by atoms with Gasteiger partial charge < -0.3 is 4.90 Å². The van der Waals surface area contributed by atoms with Crippen LogP contribution in [0, 0.1) is 23.7 Å². The zero-order chi connectivity index (χ0) is 18.8. The maximum Gasteiger partial charge on any atom is 0.00954 e. The zero-order valence-corrected chi connectivity index (χ0v) is 18.6. The van der Waals surface area contributed by atoms with Gasteiger partial charge in [0.15, 0.2) is 0 Å². The van der Waals surface area contributed by atoms with Crippen LogP contribution in [0.3, 0.4) is 0 Å². The molecule has 1 saturated heterocycles. The smallest absolute Gasteiger partial charge is 0.00954 e. The van der Waals surface area contributed by atoms with Gasteiger partial charge >= 0.3 is 0 Å². The van der Waals surface area contributed by atoms with E-state index in [4.69, 9.17) is 0 Å². The van der Waals surface area contributed by atoms with Gasteiger partial charge in [0.25, 0.3) is 0 Å². The van der Waals surface area contributed by atoms with Gasteiger partial charge in [0.1, 0.15) is 0 Å². The van der Waals surface area contributed by atoms with E-state index in [1.807, 2.05) is 0 Å². The molecule has 0 atom stereocenters. The predicted octanol–water partition coefficient (Wildman–Crippen LogP) is 7.69. The Morgan fingerprint density at radius 2 is 1.04 bits per heavy atom. The highest BCUT2D eigenvalue weighted by atomic mass is 15.2. The van der Waals surface area contributed by atoms with Gasteiger partial charge in [-0.2, -0.15) is 0 Å². The Kier molecular flexibility index (Phi) is 10.6. The summed E-state index contributed by atoms with van der Waals surface area (Å²) in [5, 5.41) is 0. The lowest BCUT2D eigenvalue weighted by Crippen LogP contribution is -2.41. The Morgan fingerprint density at radius 1 is 0.577 bits per heavy atom. The first-order valence-electron chi connectivity index (χ1n) is 12.3. The molecule has 3 rings (SSSR count). The van der Waals surface area contributed by atoms with Gasteiger partial charge in [-0.15, -0.1) is 0 Å². The van der Waals surface area contributed by atoms with Crippen LogP contribution in [0.2, 0.25) is 0 Å². The van der Waals surface area contributed by atoms with Gasteiger partial charge in [0.05, 0.1) is 0 Å². The molecule has 3 fully saturated rings. The third-order valence-corrected chi connectivity index (χ3v) is 7.06. The topological polar surface area (TPSA) is 3.24 Å². The fourth-order valence-electron chi connectivity index (χ4n) is 5.79. The molecule has 154 valence electrons. The standard InChI is InChI=1S/C15H29N.C10H20/c1-13(2)12-14-6-8-15(9-7-14)16-10-4-3-5-11-16;1-9(2)8-10-6-4-3-5-7-10/h13-15H,3-12H2,1-2H3;9-10H,3-8H2,1-2H3. The second-order valence-corrected chi connectivity index (χ2v) is 10.5. The van der Waals surface area contributed by atoms with Gasteiger partial charge in [-0.3, -0.25) is 0 Å². The Labute approximate surface area is 165 Å². The minimum atomic E-state index is 0.900. The lowest BCUT2D eigenvalue weighted by Gasteiger charge is -2.39. The van der Waals surface area contributed by atoms with Crippen molar-refractivity contribution in [2.45, 2.75) is 124 Å². The molecule has 2 saturated carbocycles. The summed E-state index contributed by atoms with van der Waals surface area (Å²) in [6.45, 7) is 12.2. The number of likely N-dealkylation sites (tertiary alicyclic amines) is 1. The summed E-state index contributed by atoms with van der Waals surface area (Å²) in [6.07, 6.45) is 20.8. The normalized spacial score (nSPS) is 28.8. The fourth-order valence-corrected chi connectivity index (χ4v) is 5.79. The number of rotatable bonds is 5. The van der Waals surface area contributed by atoms with E-state index in [1.165, 1.54) is 103 Å². The van der Waals surface area contributed by atoms with Crippen LogP contribution >= 0.6 is 0 Å². The highest BCUT2D eigenvalue weighted by molar-refractivity contribution is 4.81. The molecule has 1 heteroatoms. The van der Waals surface area contributed by atoms with Crippen molar-refractivity contribution in [2.75, 3.05) is 13.1 Å². The van der Waals surface area contributed by atoms with Crippen LogP contribution in [0.1, 0.15) is 118 Å². The Bertz CT molecular complexity index is 328. The third-order valence-electron chi connectivity index (χ3n) is 7.06. The molecule has 1 heterocycles. The minimum absolute atomic E-state index is 0.900. The van der Waals surface area contributed by atoms with Crippen molar-refractivity contribution in [3.63, 3.8) is 0 Å². The lowest BCUT2D eigenvalue weighted by atomic mass is 9.80. The molecule has 26 heavy (non-hydrogen) atoms. The van der Waals surface area contributed by atoms with E-state index in [2.05, 4.69) is 32.6 Å². The molecule has 0 radical (unpaired) electrons. The highest BCUT2D eigenvalue weighted by Gasteiger charge is 2.26. The largest absolute Gasteiger partial charge is 0.300 e. The van der Waals surface area contributed by atoms with Crippen LogP contribution in [0.15, 0.2) is 0 Å². The zero-order valence-electron chi connectivity index (χ0n) is 18.6. The molecule has 0 aromatic heterocycles. The van der Waals surface area contributed by atoms with E-state index in [0.29, 0.717) is 0 Å². The van der Waals surface area contributed by atoms with Crippen LogP contribution in [-0.2, 0) is 0 Å². The molecule has 0 spiro atoms. The minimum Gasteiger partial charge on any atom is -0.300 e. The molecule has 0 amide bonds. The number of nitrogens with zero attached hydrogens (tertiary/aromatic N) is 1. The first-order valence-corrected chi connectivity index (χ1v) is 12.3. The molecule has 0 unspecified atom stereocenters. The molecule has 1 aliphatic heterocycles. The van der Waals surface area contributed by atoms with Gasteiger partial charge in [-0.05, 0) is 88.1 Å². The maximum atomic E-state index is 2.79. The molecular formula is C25H49N. The van der Waals surface area contributed by atoms with Crippen LogP contribution in [-0.4, -0.2) is 24.0 Å². The van der Waals surface area contributed by atoms with Gasteiger partial charge in [-0.25, -0.2) is 0 Å². The average molecular weight is 364 g/mol. The van der Waals surface area contributed by atoms with Crippen molar-refractivity contribution < 1.29 is 0 Å². The molecule has 1 nitrogen and oxygen atoms in total. The first-order chi connectivity index (χ1) is 12.5. The molecule has 2 aliphatic carbocycles. The average Bonchev–Trinajstić information content (AvgIpc) is 2.63. The Morgan fingerprint density at radius 3 is 1.54 bits per heavy atom. The van der Waals surface area contributed by atoms with E-state index >= 15 is 0 Å². The highest BCUT2D eigenvalue weighted by Crippen LogP contribution is 2.32. The van der Waals surface area contributed by atoms with E-state index in [0.717, 1.165) is 29.7 Å². The summed E-state index contributed by atoms with van der Waals surface area (Å²) < 4.78 is 0. The molecule has 0 N–H and O–H groups in total. The monoisotopic (exact) mass is 363 g/mol. The second kappa shape index (κ2) is 12.4. The Hall–Kier alpha value is -0.0400. The SMILES string of the molecule is CC(C)CC1CCC(N2CCCCC2)CC1.CC(C)CC1CCCCC1. The summed E-state index contributed by atoms with van der Waals surface area (Å²) in [7, 11) is 0. The predicted molar refractivity (Wildman–Crippen MR) is 117 cm³/mol. The third kappa shape index (κ3) is 8.77. The number of piperidine rings is 1.